The summed E-state index contributed by atoms with van der Waals surface area (Å²) in [5.41, 5.74) is 0.279. The van der Waals surface area contributed by atoms with Crippen molar-refractivity contribution < 1.29 is 13.9 Å². The van der Waals surface area contributed by atoms with Gasteiger partial charge in [-0.2, -0.15) is 0 Å². The number of benzene rings is 2. The minimum absolute atomic E-state index is 0.117. The topological polar surface area (TPSA) is 20.2 Å². The van der Waals surface area contributed by atoms with Crippen molar-refractivity contribution in [2.45, 2.75) is 6.10 Å². The van der Waals surface area contributed by atoms with Crippen molar-refractivity contribution in [1.29, 1.82) is 0 Å². The average molecular weight is 334 g/mol. The van der Waals surface area contributed by atoms with E-state index in [2.05, 4.69) is 15.9 Å². The Balaban J connectivity index is 2.44. The van der Waals surface area contributed by atoms with Gasteiger partial charge in [-0.1, -0.05) is 17.7 Å². The molecule has 0 amide bonds. The molecule has 5 heteroatoms. The van der Waals surface area contributed by atoms with Crippen LogP contribution in [0.3, 0.4) is 0 Å². The average Bonchev–Trinajstić information content (AvgIpc) is 2.35. The van der Waals surface area contributed by atoms with Crippen LogP contribution in [0, 0.1) is 11.6 Å². The molecule has 0 radical (unpaired) electrons. The lowest BCUT2D eigenvalue weighted by Crippen LogP contribution is -2.03. The molecule has 1 atom stereocenters. The Morgan fingerprint density at radius 2 is 1.83 bits per heavy atom. The largest absolute Gasteiger partial charge is 0.384 e. The van der Waals surface area contributed by atoms with E-state index in [1.165, 1.54) is 6.07 Å². The molecule has 2 aromatic rings. The van der Waals surface area contributed by atoms with Crippen molar-refractivity contribution in [3.63, 3.8) is 0 Å². The van der Waals surface area contributed by atoms with Crippen LogP contribution in [0.15, 0.2) is 40.9 Å². The van der Waals surface area contributed by atoms with Crippen molar-refractivity contribution in [3.8, 4) is 0 Å². The molecule has 1 unspecified atom stereocenters. The summed E-state index contributed by atoms with van der Waals surface area (Å²) in [5.74, 6) is -1.27. The summed E-state index contributed by atoms with van der Waals surface area (Å²) < 4.78 is 27.2. The lowest BCUT2D eigenvalue weighted by atomic mass is 10.0. The summed E-state index contributed by atoms with van der Waals surface area (Å²) in [4.78, 5) is 0. The van der Waals surface area contributed by atoms with Crippen LogP contribution in [0.5, 0.6) is 0 Å². The molecule has 2 aromatic carbocycles. The minimum atomic E-state index is -1.26. The Hall–Kier alpha value is -0.970. The SMILES string of the molecule is OC(c1ccc(Br)c(Cl)c1)c1cc(F)ccc1F. The molecule has 1 nitrogen and oxygen atoms in total. The number of hydrogen-bond donors (Lipinski definition) is 1. The third-order valence-electron chi connectivity index (χ3n) is 2.51. The van der Waals surface area contributed by atoms with E-state index in [0.29, 0.717) is 15.1 Å². The van der Waals surface area contributed by atoms with E-state index in [4.69, 9.17) is 11.6 Å². The van der Waals surface area contributed by atoms with Crippen LogP contribution in [0.4, 0.5) is 8.78 Å². The van der Waals surface area contributed by atoms with Gasteiger partial charge >= 0.3 is 0 Å². The van der Waals surface area contributed by atoms with Crippen LogP contribution in [0.25, 0.3) is 0 Å². The Morgan fingerprint density at radius 3 is 2.50 bits per heavy atom. The molecule has 0 aliphatic rings. The first-order valence-corrected chi connectivity index (χ1v) is 6.24. The molecular weight excluding hydrogens is 325 g/mol. The highest BCUT2D eigenvalue weighted by Gasteiger charge is 2.16. The molecule has 94 valence electrons. The number of halogens is 4. The highest BCUT2D eigenvalue weighted by atomic mass is 79.9. The van der Waals surface area contributed by atoms with Crippen molar-refractivity contribution in [1.82, 2.24) is 0 Å². The summed E-state index contributed by atoms with van der Waals surface area (Å²) in [6.07, 6.45) is -1.26. The molecule has 18 heavy (non-hydrogen) atoms. The van der Waals surface area contributed by atoms with E-state index < -0.39 is 17.7 Å². The van der Waals surface area contributed by atoms with Crippen molar-refractivity contribution >= 4 is 27.5 Å². The van der Waals surface area contributed by atoms with Gasteiger partial charge in [-0.25, -0.2) is 8.78 Å². The molecule has 0 bridgehead atoms. The zero-order chi connectivity index (χ0) is 13.3. The van der Waals surface area contributed by atoms with Crippen LogP contribution in [0.2, 0.25) is 5.02 Å². The van der Waals surface area contributed by atoms with Crippen LogP contribution in [-0.2, 0) is 0 Å². The highest BCUT2D eigenvalue weighted by molar-refractivity contribution is 9.10. The summed E-state index contributed by atoms with van der Waals surface area (Å²) >= 11 is 9.10. The normalized spacial score (nSPS) is 12.5. The van der Waals surface area contributed by atoms with Gasteiger partial charge in [0, 0.05) is 10.0 Å². The second-order valence-corrected chi connectivity index (χ2v) is 5.00. The number of aliphatic hydroxyl groups excluding tert-OH is 1. The van der Waals surface area contributed by atoms with Crippen molar-refractivity contribution in [2.75, 3.05) is 0 Å². The molecule has 1 N–H and O–H groups in total. The predicted molar refractivity (Wildman–Crippen MR) is 69.6 cm³/mol. The zero-order valence-corrected chi connectivity index (χ0v) is 11.3. The maximum absolute atomic E-state index is 13.5. The Morgan fingerprint density at radius 1 is 1.11 bits per heavy atom. The van der Waals surface area contributed by atoms with E-state index in [9.17, 15) is 13.9 Å². The van der Waals surface area contributed by atoms with E-state index in [0.717, 1.165) is 18.2 Å². The van der Waals surface area contributed by atoms with Gasteiger partial charge in [-0.3, -0.25) is 0 Å². The molecule has 0 aromatic heterocycles. The fraction of sp³-hybridized carbons (Fsp3) is 0.0769. The third kappa shape index (κ3) is 2.71. The fourth-order valence-corrected chi connectivity index (χ4v) is 2.02. The van der Waals surface area contributed by atoms with Crippen molar-refractivity contribution in [3.05, 3.63) is 68.7 Å². The number of aliphatic hydroxyl groups is 1. The number of hydrogen-bond acceptors (Lipinski definition) is 1. The highest BCUT2D eigenvalue weighted by Crippen LogP contribution is 2.30. The van der Waals surface area contributed by atoms with Gasteiger partial charge in [0.25, 0.3) is 0 Å². The predicted octanol–water partition coefficient (Wildman–Crippen LogP) is 4.46. The summed E-state index contributed by atoms with van der Waals surface area (Å²) in [6.45, 7) is 0. The van der Waals surface area contributed by atoms with E-state index in [-0.39, 0.29) is 5.56 Å². The Labute approximate surface area is 116 Å². The molecule has 0 fully saturated rings. The molecule has 0 heterocycles. The fourth-order valence-electron chi connectivity index (χ4n) is 1.59. The maximum atomic E-state index is 13.5. The van der Waals surface area contributed by atoms with Gasteiger partial charge in [-0.15, -0.1) is 0 Å². The molecule has 0 aliphatic heterocycles. The number of rotatable bonds is 2. The van der Waals surface area contributed by atoms with Crippen LogP contribution in [0.1, 0.15) is 17.2 Å². The van der Waals surface area contributed by atoms with E-state index in [1.807, 2.05) is 0 Å². The van der Waals surface area contributed by atoms with E-state index in [1.54, 1.807) is 12.1 Å². The summed E-state index contributed by atoms with van der Waals surface area (Å²) in [7, 11) is 0. The van der Waals surface area contributed by atoms with Crippen molar-refractivity contribution in [2.24, 2.45) is 0 Å². The molecule has 0 saturated heterocycles. The maximum Gasteiger partial charge on any atom is 0.129 e. The quantitative estimate of drug-likeness (QED) is 0.860. The second kappa shape index (κ2) is 5.34. The van der Waals surface area contributed by atoms with Gasteiger partial charge < -0.3 is 5.11 Å². The second-order valence-electron chi connectivity index (χ2n) is 3.74. The van der Waals surface area contributed by atoms with Gasteiger partial charge in [0.1, 0.15) is 17.7 Å². The minimum Gasteiger partial charge on any atom is -0.384 e. The first-order valence-electron chi connectivity index (χ1n) is 5.07. The lowest BCUT2D eigenvalue weighted by molar-refractivity contribution is 0.214. The monoisotopic (exact) mass is 332 g/mol. The van der Waals surface area contributed by atoms with Gasteiger partial charge in [-0.05, 0) is 51.8 Å². The zero-order valence-electron chi connectivity index (χ0n) is 9.00. The third-order valence-corrected chi connectivity index (χ3v) is 3.74. The Kier molecular flexibility index (Phi) is 4.00. The summed E-state index contributed by atoms with van der Waals surface area (Å²) in [6, 6.07) is 7.67. The van der Waals surface area contributed by atoms with Crippen LogP contribution >= 0.6 is 27.5 Å². The summed E-state index contributed by atoms with van der Waals surface area (Å²) in [5, 5.41) is 10.4. The van der Waals surface area contributed by atoms with E-state index >= 15 is 0 Å². The first-order chi connectivity index (χ1) is 8.49. The van der Waals surface area contributed by atoms with Gasteiger partial charge in [0.05, 0.1) is 5.02 Å². The van der Waals surface area contributed by atoms with Gasteiger partial charge in [0.15, 0.2) is 0 Å². The smallest absolute Gasteiger partial charge is 0.129 e. The first kappa shape index (κ1) is 13.5. The Bertz CT molecular complexity index is 589. The van der Waals surface area contributed by atoms with Crippen LogP contribution < -0.4 is 0 Å². The van der Waals surface area contributed by atoms with Gasteiger partial charge in [0.2, 0.25) is 0 Å². The molecule has 0 saturated carbocycles. The molecular formula is C13H8BrClF2O. The van der Waals surface area contributed by atoms with Crippen LogP contribution in [-0.4, -0.2) is 5.11 Å². The standard InChI is InChI=1S/C13H8BrClF2O/c14-10-3-1-7(5-11(10)15)13(18)9-6-8(16)2-4-12(9)17/h1-6,13,18H. The molecule has 2 rings (SSSR count). The lowest BCUT2D eigenvalue weighted by Gasteiger charge is -2.13. The molecule has 0 aliphatic carbocycles. The molecule has 0 spiro atoms.